The van der Waals surface area contributed by atoms with Crippen molar-refractivity contribution in [2.45, 2.75) is 0 Å². The van der Waals surface area contributed by atoms with Gasteiger partial charge >= 0.3 is 0 Å². The summed E-state index contributed by atoms with van der Waals surface area (Å²) < 4.78 is 7.79. The number of nitrogens with one attached hydrogen (secondary N) is 1. The Kier molecular flexibility index (Phi) is 5.73. The smallest absolute Gasteiger partial charge is 0.259 e. The first kappa shape index (κ1) is 19.4. The van der Waals surface area contributed by atoms with Crippen LogP contribution in [0.5, 0.6) is 0 Å². The molecule has 7 nitrogen and oxygen atoms in total. The highest BCUT2D eigenvalue weighted by atomic mass is 79.9. The number of ether oxygens (including phenoxy) is 1. The maximum atomic E-state index is 13.1. The van der Waals surface area contributed by atoms with E-state index in [-0.39, 0.29) is 11.8 Å². The third-order valence-electron chi connectivity index (χ3n) is 4.64. The average Bonchev–Trinajstić information content (AvgIpc) is 3.18. The number of halogens is 1. The molecule has 0 bridgehead atoms. The Morgan fingerprint density at radius 1 is 1.00 bits per heavy atom. The predicted octanol–water partition coefficient (Wildman–Crippen LogP) is 3.36. The van der Waals surface area contributed by atoms with Crippen LogP contribution in [0.3, 0.4) is 0 Å². The molecule has 29 heavy (non-hydrogen) atoms. The van der Waals surface area contributed by atoms with Crippen LogP contribution in [-0.4, -0.2) is 52.8 Å². The average molecular weight is 455 g/mol. The Bertz CT molecular complexity index is 1010. The third kappa shape index (κ3) is 4.23. The Morgan fingerprint density at radius 3 is 2.38 bits per heavy atom. The molecule has 2 amide bonds. The van der Waals surface area contributed by atoms with Crippen LogP contribution in [0.1, 0.15) is 20.7 Å². The van der Waals surface area contributed by atoms with Crippen LogP contribution in [0.2, 0.25) is 0 Å². The van der Waals surface area contributed by atoms with Crippen molar-refractivity contribution in [2.75, 3.05) is 31.6 Å². The standard InChI is InChI=1S/C21H19BrN4O3/c22-16-8-6-15(7-9-16)20(27)24-19-18(21(28)25-10-12-29-13-11-25)14-23-26(19)17-4-2-1-3-5-17/h1-9,14H,10-13H2,(H,24,27). The number of amides is 2. The van der Waals surface area contributed by atoms with Crippen LogP contribution in [-0.2, 0) is 4.74 Å². The van der Waals surface area contributed by atoms with Gasteiger partial charge in [0, 0.05) is 23.1 Å². The van der Waals surface area contributed by atoms with Crippen molar-refractivity contribution in [3.05, 3.63) is 76.4 Å². The van der Waals surface area contributed by atoms with Crippen molar-refractivity contribution in [1.82, 2.24) is 14.7 Å². The number of morpholine rings is 1. The number of para-hydroxylation sites is 1. The molecule has 3 aromatic rings. The van der Waals surface area contributed by atoms with Crippen molar-refractivity contribution in [1.29, 1.82) is 0 Å². The van der Waals surface area contributed by atoms with Gasteiger partial charge in [0.15, 0.2) is 0 Å². The van der Waals surface area contributed by atoms with E-state index in [1.807, 2.05) is 30.3 Å². The molecule has 8 heteroatoms. The first-order valence-corrected chi connectivity index (χ1v) is 10.00. The monoisotopic (exact) mass is 454 g/mol. The fourth-order valence-electron chi connectivity index (χ4n) is 3.11. The van der Waals surface area contributed by atoms with Gasteiger partial charge in [0.05, 0.1) is 25.1 Å². The lowest BCUT2D eigenvalue weighted by atomic mass is 10.2. The number of carbonyl (C=O) groups is 2. The second-order valence-electron chi connectivity index (χ2n) is 6.52. The molecule has 1 N–H and O–H groups in total. The highest BCUT2D eigenvalue weighted by Gasteiger charge is 2.26. The normalized spacial score (nSPS) is 13.9. The zero-order valence-electron chi connectivity index (χ0n) is 15.5. The number of benzene rings is 2. The molecule has 0 unspecified atom stereocenters. The maximum Gasteiger partial charge on any atom is 0.259 e. The molecule has 1 aliphatic heterocycles. The Balaban J connectivity index is 1.70. The van der Waals surface area contributed by atoms with Gasteiger partial charge in [-0.15, -0.1) is 0 Å². The lowest BCUT2D eigenvalue weighted by Gasteiger charge is -2.26. The number of carbonyl (C=O) groups excluding carboxylic acids is 2. The van der Waals surface area contributed by atoms with Crippen molar-refractivity contribution >= 4 is 33.6 Å². The van der Waals surface area contributed by atoms with Crippen LogP contribution >= 0.6 is 15.9 Å². The van der Waals surface area contributed by atoms with Gasteiger partial charge in [0.1, 0.15) is 11.4 Å². The summed E-state index contributed by atoms with van der Waals surface area (Å²) in [5.41, 5.74) is 1.58. The molecule has 1 fully saturated rings. The Labute approximate surface area is 176 Å². The van der Waals surface area contributed by atoms with Crippen LogP contribution in [0.25, 0.3) is 5.69 Å². The van der Waals surface area contributed by atoms with E-state index in [2.05, 4.69) is 26.3 Å². The summed E-state index contributed by atoms with van der Waals surface area (Å²) in [6.07, 6.45) is 1.50. The minimum atomic E-state index is -0.314. The summed E-state index contributed by atoms with van der Waals surface area (Å²) in [5, 5.41) is 7.26. The third-order valence-corrected chi connectivity index (χ3v) is 5.17. The van der Waals surface area contributed by atoms with Crippen LogP contribution < -0.4 is 5.32 Å². The SMILES string of the molecule is O=C(Nc1c(C(=O)N2CCOCC2)cnn1-c1ccccc1)c1ccc(Br)cc1. The summed E-state index contributed by atoms with van der Waals surface area (Å²) in [5.74, 6) is -0.145. The van der Waals surface area contributed by atoms with Gasteiger partial charge in [-0.1, -0.05) is 34.1 Å². The van der Waals surface area contributed by atoms with Gasteiger partial charge in [-0.3, -0.25) is 9.59 Å². The van der Waals surface area contributed by atoms with E-state index in [4.69, 9.17) is 4.74 Å². The summed E-state index contributed by atoms with van der Waals surface area (Å²) in [7, 11) is 0. The molecule has 0 atom stereocenters. The zero-order chi connectivity index (χ0) is 20.2. The van der Waals surface area contributed by atoms with Gasteiger partial charge in [-0.2, -0.15) is 5.10 Å². The molecule has 1 saturated heterocycles. The van der Waals surface area contributed by atoms with Crippen molar-refractivity contribution < 1.29 is 14.3 Å². The van der Waals surface area contributed by atoms with E-state index < -0.39 is 0 Å². The fourth-order valence-corrected chi connectivity index (χ4v) is 3.37. The molecule has 0 spiro atoms. The van der Waals surface area contributed by atoms with Gasteiger partial charge < -0.3 is 15.0 Å². The van der Waals surface area contributed by atoms with Gasteiger partial charge in [-0.25, -0.2) is 4.68 Å². The van der Waals surface area contributed by atoms with Crippen LogP contribution in [0.4, 0.5) is 5.82 Å². The maximum absolute atomic E-state index is 13.1. The first-order valence-electron chi connectivity index (χ1n) is 9.21. The Morgan fingerprint density at radius 2 is 1.69 bits per heavy atom. The molecule has 0 aliphatic carbocycles. The first-order chi connectivity index (χ1) is 14.1. The van der Waals surface area contributed by atoms with Crippen molar-refractivity contribution in [2.24, 2.45) is 0 Å². The van der Waals surface area contributed by atoms with E-state index >= 15 is 0 Å². The molecule has 2 heterocycles. The van der Waals surface area contributed by atoms with E-state index in [0.717, 1.165) is 10.2 Å². The van der Waals surface area contributed by atoms with Crippen LogP contribution in [0.15, 0.2) is 65.3 Å². The fraction of sp³-hybridized carbons (Fsp3) is 0.190. The predicted molar refractivity (Wildman–Crippen MR) is 112 cm³/mol. The van der Waals surface area contributed by atoms with Gasteiger partial charge in [-0.05, 0) is 36.4 Å². The largest absolute Gasteiger partial charge is 0.378 e. The summed E-state index contributed by atoms with van der Waals surface area (Å²) >= 11 is 3.37. The molecule has 0 radical (unpaired) electrons. The van der Waals surface area contributed by atoms with E-state index in [0.29, 0.717) is 43.2 Å². The zero-order valence-corrected chi connectivity index (χ0v) is 17.1. The molecule has 2 aromatic carbocycles. The molecular weight excluding hydrogens is 436 g/mol. The van der Waals surface area contributed by atoms with E-state index in [1.165, 1.54) is 6.20 Å². The van der Waals surface area contributed by atoms with Gasteiger partial charge in [0.25, 0.3) is 11.8 Å². The number of aromatic nitrogens is 2. The number of anilines is 1. The summed E-state index contributed by atoms with van der Waals surface area (Å²) in [4.78, 5) is 27.6. The quantitative estimate of drug-likeness (QED) is 0.655. The Hall–Kier alpha value is -2.97. The molecular formula is C21H19BrN4O3. The number of hydrogen-bond acceptors (Lipinski definition) is 4. The summed E-state index contributed by atoms with van der Waals surface area (Å²) in [6.45, 7) is 2.02. The number of hydrogen-bond donors (Lipinski definition) is 1. The second-order valence-corrected chi connectivity index (χ2v) is 7.44. The molecule has 1 aliphatic rings. The highest BCUT2D eigenvalue weighted by Crippen LogP contribution is 2.23. The molecule has 0 saturated carbocycles. The molecule has 1 aromatic heterocycles. The lowest BCUT2D eigenvalue weighted by molar-refractivity contribution is 0.0303. The second kappa shape index (κ2) is 8.59. The van der Waals surface area contributed by atoms with Gasteiger partial charge in [0.2, 0.25) is 0 Å². The summed E-state index contributed by atoms with van der Waals surface area (Å²) in [6, 6.07) is 16.4. The minimum absolute atomic E-state index is 0.179. The molecule has 4 rings (SSSR count). The van der Waals surface area contributed by atoms with Crippen LogP contribution in [0, 0.1) is 0 Å². The lowest BCUT2D eigenvalue weighted by Crippen LogP contribution is -2.40. The van der Waals surface area contributed by atoms with E-state index in [9.17, 15) is 9.59 Å². The van der Waals surface area contributed by atoms with Crippen molar-refractivity contribution in [3.8, 4) is 5.69 Å². The number of rotatable bonds is 4. The molecule has 148 valence electrons. The number of nitrogens with zero attached hydrogens (tertiary/aromatic N) is 3. The topological polar surface area (TPSA) is 76.5 Å². The van der Waals surface area contributed by atoms with Crippen molar-refractivity contribution in [3.63, 3.8) is 0 Å². The highest BCUT2D eigenvalue weighted by molar-refractivity contribution is 9.10. The van der Waals surface area contributed by atoms with E-state index in [1.54, 1.807) is 33.8 Å². The minimum Gasteiger partial charge on any atom is -0.378 e.